The Morgan fingerprint density at radius 3 is 2.43 bits per heavy atom. The van der Waals surface area contributed by atoms with Crippen molar-refractivity contribution in [3.05, 3.63) is 30.6 Å². The van der Waals surface area contributed by atoms with Crippen molar-refractivity contribution in [2.45, 2.75) is 154 Å². The zero-order valence-electron chi connectivity index (χ0n) is 38.8. The number of aliphatic hydroxyl groups is 1. The maximum absolute atomic E-state index is 14.5. The second-order valence-electron chi connectivity index (χ2n) is 17.7. The van der Waals surface area contributed by atoms with E-state index in [0.717, 1.165) is 12.0 Å². The first-order valence-electron chi connectivity index (χ1n) is 22.0. The van der Waals surface area contributed by atoms with E-state index in [2.05, 4.69) is 20.6 Å². The molecule has 2 aromatic rings. The minimum atomic E-state index is -1.36. The number of carbonyl (C=O) groups excluding carboxylic acids is 4. The molecule has 3 fully saturated rings. The number of esters is 1. The van der Waals surface area contributed by atoms with E-state index < -0.39 is 71.5 Å². The number of cyclic esters (lactones) is 1. The van der Waals surface area contributed by atoms with E-state index >= 15 is 0 Å². The number of aliphatic hydroxyl groups excluding tert-OH is 1. The lowest BCUT2D eigenvalue weighted by atomic mass is 9.76. The van der Waals surface area contributed by atoms with Crippen LogP contribution in [0.3, 0.4) is 0 Å². The number of amides is 1. The van der Waals surface area contributed by atoms with Gasteiger partial charge in [0, 0.05) is 69.2 Å². The third-order valence-electron chi connectivity index (χ3n) is 12.8. The molecule has 354 valence electrons. The summed E-state index contributed by atoms with van der Waals surface area (Å²) in [7, 11) is 5.22. The first kappa shape index (κ1) is 52.0. The average Bonchev–Trinajstić information content (AvgIpc) is 3.84. The number of rotatable bonds is 13. The van der Waals surface area contributed by atoms with Gasteiger partial charge >= 0.3 is 12.1 Å². The molecule has 0 saturated carbocycles. The lowest BCUT2D eigenvalue weighted by Gasteiger charge is -2.47. The molecule has 0 spiro atoms. The highest BCUT2D eigenvalue weighted by molar-refractivity contribution is 7.93. The maximum atomic E-state index is 14.5. The van der Waals surface area contributed by atoms with Crippen LogP contribution in [0.5, 0.6) is 0 Å². The van der Waals surface area contributed by atoms with Gasteiger partial charge in [0.1, 0.15) is 35.7 Å². The number of nitrogens with zero attached hydrogens (tertiary/aromatic N) is 6. The standard InChI is InChI=1S/C43H67N7O10.CH3FS/c1-11-34-42(7)37(50(41(55)60-42)20-15-14-19-49-25-32(46-47-49)31-16-12-13-18-44-31)30(6)45-24-26(2)23-43(56-10,17-21-51)38(28(4)35(52)29(5)39(54)58-34)59-40-36(53)33(48(8)9)22-27(3)57-40;1-3-2/h12-13,16,18,21,25-30,33-34,36-38,40,45,53H,11,14-15,17,19-20,22-24H2,1-10H3;1H3/t26-,27?,28+,29-,30-,33?,34-,36?,37-,38-,40+,42-,43-;/m1./s1. The summed E-state index contributed by atoms with van der Waals surface area (Å²) in [6, 6.07) is 4.38. The fraction of sp³-hybridized carbons (Fsp3) is 0.750. The van der Waals surface area contributed by atoms with Gasteiger partial charge in [0.15, 0.2) is 17.7 Å². The number of halogens is 1. The monoisotopic (exact) mass is 907 g/mol. The number of nitrogens with one attached hydrogen (secondary N) is 1. The summed E-state index contributed by atoms with van der Waals surface area (Å²) in [5.41, 5.74) is -1.23. The number of aryl methyl sites for hydroxylation is 1. The van der Waals surface area contributed by atoms with Crippen molar-refractivity contribution >= 4 is 36.3 Å². The Kier molecular flexibility index (Phi) is 19.5. The summed E-state index contributed by atoms with van der Waals surface area (Å²) in [5.74, 6) is -3.70. The highest BCUT2D eigenvalue weighted by Crippen LogP contribution is 2.41. The second kappa shape index (κ2) is 23.6. The lowest BCUT2D eigenvalue weighted by molar-refractivity contribution is -0.297. The molecular formula is C44H70FN7O10S. The normalized spacial score (nSPS) is 34.5. The van der Waals surface area contributed by atoms with E-state index in [1.54, 1.807) is 29.6 Å². The van der Waals surface area contributed by atoms with E-state index in [1.165, 1.54) is 20.3 Å². The van der Waals surface area contributed by atoms with Gasteiger partial charge < -0.3 is 43.8 Å². The van der Waals surface area contributed by atoms with Crippen molar-refractivity contribution in [3.8, 4) is 11.4 Å². The fourth-order valence-corrected chi connectivity index (χ4v) is 9.48. The largest absolute Gasteiger partial charge is 0.458 e. The number of ketones is 1. The first-order chi connectivity index (χ1) is 29.9. The quantitative estimate of drug-likeness (QED) is 0.119. The van der Waals surface area contributed by atoms with Gasteiger partial charge in [-0.3, -0.25) is 24.2 Å². The molecule has 5 rings (SSSR count). The average molecular weight is 908 g/mol. The third kappa shape index (κ3) is 12.4. The van der Waals surface area contributed by atoms with Crippen LogP contribution in [0.15, 0.2) is 30.6 Å². The third-order valence-corrected chi connectivity index (χ3v) is 12.8. The highest BCUT2D eigenvalue weighted by Gasteiger charge is 2.59. The molecule has 0 aromatic carbocycles. The van der Waals surface area contributed by atoms with Crippen LogP contribution in [0.1, 0.15) is 87.0 Å². The minimum Gasteiger partial charge on any atom is -0.458 e. The molecule has 1 amide bonds. The number of pyridine rings is 1. The Bertz CT molecular complexity index is 1780. The molecule has 3 aliphatic rings. The van der Waals surface area contributed by atoms with Gasteiger partial charge in [-0.1, -0.05) is 32.1 Å². The van der Waals surface area contributed by atoms with Crippen LogP contribution in [-0.4, -0.2) is 160 Å². The van der Waals surface area contributed by atoms with E-state index in [9.17, 15) is 28.2 Å². The molecule has 17 nitrogen and oxygen atoms in total. The molecule has 0 aliphatic carbocycles. The van der Waals surface area contributed by atoms with Crippen molar-refractivity contribution < 1.29 is 51.9 Å². The molecule has 3 aliphatic heterocycles. The van der Waals surface area contributed by atoms with Crippen LogP contribution in [0.25, 0.3) is 11.4 Å². The van der Waals surface area contributed by atoms with Gasteiger partial charge in [0.05, 0.1) is 30.1 Å². The molecule has 63 heavy (non-hydrogen) atoms. The smallest absolute Gasteiger partial charge is 0.410 e. The van der Waals surface area contributed by atoms with Crippen molar-refractivity contribution in [1.82, 2.24) is 35.1 Å². The van der Waals surface area contributed by atoms with Gasteiger partial charge in [0.25, 0.3) is 0 Å². The van der Waals surface area contributed by atoms with Gasteiger partial charge in [0.2, 0.25) is 0 Å². The predicted molar refractivity (Wildman–Crippen MR) is 235 cm³/mol. The molecule has 3 saturated heterocycles. The van der Waals surface area contributed by atoms with Crippen LogP contribution in [0.2, 0.25) is 0 Å². The molecule has 2 aromatic heterocycles. The van der Waals surface area contributed by atoms with Crippen molar-refractivity contribution in [3.63, 3.8) is 0 Å². The van der Waals surface area contributed by atoms with Crippen LogP contribution in [0, 0.1) is 17.8 Å². The topological polar surface area (TPSA) is 197 Å². The number of unbranched alkanes of at least 4 members (excludes halogenated alkanes) is 1. The number of ether oxygens (including phenoxy) is 5. The second-order valence-corrected chi connectivity index (χ2v) is 18.0. The number of methoxy groups -OCH3 is 1. The Balaban J connectivity index is 0.00000282. The molecule has 0 radical (unpaired) electrons. The molecule has 13 atom stereocenters. The summed E-state index contributed by atoms with van der Waals surface area (Å²) in [4.78, 5) is 62.8. The summed E-state index contributed by atoms with van der Waals surface area (Å²) in [6.07, 6.45) is 2.97. The zero-order chi connectivity index (χ0) is 46.6. The van der Waals surface area contributed by atoms with Crippen LogP contribution < -0.4 is 5.32 Å². The molecule has 3 unspecified atom stereocenters. The number of fused-ring (bicyclic) bond motifs is 1. The van der Waals surface area contributed by atoms with Gasteiger partial charge in [-0.2, -0.15) is 3.89 Å². The van der Waals surface area contributed by atoms with Gasteiger partial charge in [-0.25, -0.2) is 4.79 Å². The van der Waals surface area contributed by atoms with Crippen molar-refractivity contribution in [1.29, 1.82) is 0 Å². The first-order valence-corrected chi connectivity index (χ1v) is 23.1. The molecule has 5 heterocycles. The van der Waals surface area contributed by atoms with E-state index in [-0.39, 0.29) is 49.1 Å². The maximum Gasteiger partial charge on any atom is 0.410 e. The summed E-state index contributed by atoms with van der Waals surface area (Å²) < 4.78 is 43.4. The Morgan fingerprint density at radius 2 is 1.81 bits per heavy atom. The molecule has 2 N–H and O–H groups in total. The zero-order valence-corrected chi connectivity index (χ0v) is 39.6. The molecular weight excluding hydrogens is 838 g/mol. The van der Waals surface area contributed by atoms with E-state index in [4.69, 9.17) is 23.7 Å². The van der Waals surface area contributed by atoms with Gasteiger partial charge in [-0.15, -0.1) is 5.10 Å². The Labute approximate surface area is 376 Å². The summed E-state index contributed by atoms with van der Waals surface area (Å²) in [5, 5.41) is 23.6. The number of carbonyl (C=O) groups is 4. The fourth-order valence-electron chi connectivity index (χ4n) is 9.48. The number of Topliss-reactive ketones (excluding diaryl/α,β-unsaturated/α-hetero) is 1. The van der Waals surface area contributed by atoms with Crippen LogP contribution >= 0.6 is 12.1 Å². The molecule has 19 heteroatoms. The molecule has 0 bridgehead atoms. The number of hydrogen-bond acceptors (Lipinski definition) is 16. The Morgan fingerprint density at radius 1 is 1.11 bits per heavy atom. The summed E-state index contributed by atoms with van der Waals surface area (Å²) in [6.45, 7) is 14.0. The van der Waals surface area contributed by atoms with Crippen LogP contribution in [-0.2, 0) is 44.6 Å². The van der Waals surface area contributed by atoms with Crippen molar-refractivity contribution in [2.24, 2.45) is 17.8 Å². The number of aromatic nitrogens is 4. The number of likely N-dealkylation sites (N-methyl/N-ethyl adjacent to an activating group) is 1. The van der Waals surface area contributed by atoms with Crippen molar-refractivity contribution in [2.75, 3.05) is 40.6 Å². The predicted octanol–water partition coefficient (Wildman–Crippen LogP) is 4.90. The Hall–Kier alpha value is -3.59. The summed E-state index contributed by atoms with van der Waals surface area (Å²) >= 11 is 0.250. The van der Waals surface area contributed by atoms with E-state index in [1.807, 2.05) is 71.1 Å². The van der Waals surface area contributed by atoms with Gasteiger partial charge in [-0.05, 0) is 98.5 Å². The highest BCUT2D eigenvalue weighted by atomic mass is 32.2. The van der Waals surface area contributed by atoms with Crippen LogP contribution in [0.4, 0.5) is 8.68 Å². The SMILES string of the molecule is CC[C@H]1OC(=O)[C@H](C)C(=O)[C@H](C)[C@@H](O[C@@H]2OC(C)CC(N(C)C)C2O)[C@](CC=O)(OC)C[C@@H](C)CN[C@H](C)[C@H]2N(CCCCn3cc(-c4ccccn4)nn3)C(=O)O[C@]12C.CSF. The number of aldehydes is 1. The van der Waals surface area contributed by atoms with E-state index in [0.29, 0.717) is 51.0 Å². The lowest BCUT2D eigenvalue weighted by Crippen LogP contribution is -2.61. The number of hydrogen-bond donors (Lipinski definition) is 2. The minimum absolute atomic E-state index is 0.131.